The third-order valence-corrected chi connectivity index (χ3v) is 26.4. The summed E-state index contributed by atoms with van der Waals surface area (Å²) >= 11 is 10.1. The molecule has 0 amide bonds. The van der Waals surface area contributed by atoms with Crippen LogP contribution >= 0.6 is 47.8 Å². The third kappa shape index (κ3) is 33.1. The van der Waals surface area contributed by atoms with Gasteiger partial charge in [0.05, 0.1) is 76.4 Å². The maximum absolute atomic E-state index is 12.1. The lowest BCUT2D eigenvalue weighted by Crippen LogP contribution is -2.39. The zero-order chi connectivity index (χ0) is 77.7. The SMILES string of the molecule is BrCCCCBr.C.CCOC(=O)C1(CCCCBr)CCC1.CCOC(=O)C1(CCCCC(=O)CCCCC2(C(=O)OCC)CCC2)CCC1.CCOC(=O)C1CCC1.O=C(CCCCC1(C(=O)O)CCC1)CCCCC1(C(=O)O)CCC1.O=C(O)C1(CCCCC(O)CCCCC2(C(=O)O)CCC2)CCC1. The van der Waals surface area contributed by atoms with Crippen LogP contribution in [0.3, 0.4) is 0 Å². The first-order valence-corrected chi connectivity index (χ1v) is 44.7. The summed E-state index contributed by atoms with van der Waals surface area (Å²) in [4.78, 5) is 116. The van der Waals surface area contributed by atoms with E-state index in [2.05, 4.69) is 47.8 Å². The molecule has 8 saturated carbocycles. The predicted octanol–water partition coefficient (Wildman–Crippen LogP) is 21.1. The summed E-state index contributed by atoms with van der Waals surface area (Å²) in [7, 11) is 0. The molecule has 106 heavy (non-hydrogen) atoms. The lowest BCUT2D eigenvalue weighted by molar-refractivity contribution is -0.162. The topological polar surface area (TPSA) is 309 Å². The second-order valence-electron chi connectivity index (χ2n) is 32.0. The fourth-order valence-electron chi connectivity index (χ4n) is 15.9. The molecule has 8 aliphatic rings. The number of ether oxygens (including phenoxy) is 4. The molecule has 0 aromatic carbocycles. The number of carbonyl (C=O) groups is 10. The third-order valence-electron chi connectivity index (χ3n) is 24.7. The van der Waals surface area contributed by atoms with Gasteiger partial charge in [0.15, 0.2) is 0 Å². The Bertz CT molecular complexity index is 2430. The highest BCUT2D eigenvalue weighted by Gasteiger charge is 2.49. The molecule has 614 valence electrons. The van der Waals surface area contributed by atoms with E-state index in [9.17, 15) is 73.5 Å². The smallest absolute Gasteiger partial charge is 0.312 e. The fourth-order valence-corrected chi connectivity index (χ4v) is 17.1. The average molecular weight is 1700 g/mol. The molecule has 0 heterocycles. The van der Waals surface area contributed by atoms with Crippen LogP contribution in [-0.2, 0) is 66.9 Å². The largest absolute Gasteiger partial charge is 0.481 e. The number of carboxylic acid groups (broad SMARTS) is 4. The van der Waals surface area contributed by atoms with Gasteiger partial charge in [0.2, 0.25) is 0 Å². The molecule has 0 aliphatic heterocycles. The molecule has 0 aromatic rings. The number of alkyl halides is 3. The quantitative estimate of drug-likeness (QED) is 0.0164. The van der Waals surface area contributed by atoms with Gasteiger partial charge in [0.25, 0.3) is 0 Å². The minimum Gasteiger partial charge on any atom is -0.481 e. The van der Waals surface area contributed by atoms with Crippen molar-refractivity contribution in [3.8, 4) is 0 Å². The number of carboxylic acids is 4. The highest BCUT2D eigenvalue weighted by Crippen LogP contribution is 2.51. The van der Waals surface area contributed by atoms with Gasteiger partial charge in [-0.25, -0.2) is 0 Å². The number of unbranched alkanes of at least 4 members (excludes halogenated alkanes) is 8. The molecule has 19 nitrogen and oxygen atoms in total. The molecule has 0 saturated heterocycles. The van der Waals surface area contributed by atoms with Crippen LogP contribution < -0.4 is 0 Å². The number of halogens is 3. The van der Waals surface area contributed by atoms with Crippen LogP contribution in [0.25, 0.3) is 0 Å². The summed E-state index contributed by atoms with van der Waals surface area (Å²) in [6.07, 6.45) is 46.8. The molecule has 8 fully saturated rings. The van der Waals surface area contributed by atoms with Crippen molar-refractivity contribution in [2.45, 2.75) is 382 Å². The predicted molar refractivity (Wildman–Crippen MR) is 426 cm³/mol. The standard InChI is InChI=1S/C23H38O5.C19H32O5.C19H30O5.C11H19BrO2.C7H12O2.C4H8Br2.CH4/c1-3-27-20(25)22(15-9-16-22)13-7-5-11-19(24)12-6-8-14-23(17-10-18-23)21(26)28-4-2;2*20-15(7-1-3-9-18(16(21)22)11-5-12-18)8-2-4-10-19(17(23)24)13-6-14-19;1-2-14-10(13)11(7-5-8-11)6-3-4-9-12;1-2-9-7(8)6-4-3-5-6;5-3-1-2-4-6;/h3-18H2,1-2H3;15,20H,1-14H2,(H,21,22)(H,23,24);1-14H2,(H,21,22)(H,23,24);2-9H2,1H3;6H,2-5H2,1H3;1-4H2;1H4. The van der Waals surface area contributed by atoms with Crippen LogP contribution in [-0.4, -0.2) is 133 Å². The van der Waals surface area contributed by atoms with Crippen molar-refractivity contribution in [3.05, 3.63) is 0 Å². The molecule has 8 rings (SSSR count). The van der Waals surface area contributed by atoms with E-state index in [4.69, 9.17) is 18.9 Å². The van der Waals surface area contributed by atoms with E-state index in [0.717, 1.165) is 292 Å². The molecule has 22 heteroatoms. The van der Waals surface area contributed by atoms with Gasteiger partial charge in [0, 0.05) is 41.7 Å². The first kappa shape index (κ1) is 98.6. The summed E-state index contributed by atoms with van der Waals surface area (Å²) in [5, 5.41) is 50.4. The fraction of sp³-hybridized carbons (Fsp3) is 0.881. The number of aliphatic hydroxyl groups excluding tert-OH is 1. The first-order chi connectivity index (χ1) is 50.3. The van der Waals surface area contributed by atoms with Gasteiger partial charge < -0.3 is 44.5 Å². The lowest BCUT2D eigenvalue weighted by atomic mass is 9.65. The molecule has 0 atom stereocenters. The second-order valence-corrected chi connectivity index (χ2v) is 34.4. The van der Waals surface area contributed by atoms with Crippen LogP contribution in [0.5, 0.6) is 0 Å². The molecule has 0 unspecified atom stereocenters. The van der Waals surface area contributed by atoms with Crippen LogP contribution in [0, 0.1) is 43.8 Å². The van der Waals surface area contributed by atoms with Crippen LogP contribution in [0.4, 0.5) is 0 Å². The molecular formula is C84H143Br3O19. The van der Waals surface area contributed by atoms with E-state index in [0.29, 0.717) is 70.7 Å². The summed E-state index contributed by atoms with van der Waals surface area (Å²) in [6.45, 7) is 9.34. The van der Waals surface area contributed by atoms with Gasteiger partial charge >= 0.3 is 47.8 Å². The minimum atomic E-state index is -0.677. The van der Waals surface area contributed by atoms with Gasteiger partial charge in [-0.2, -0.15) is 0 Å². The summed E-state index contributed by atoms with van der Waals surface area (Å²) in [5.74, 6) is -1.93. The Hall–Kier alpha value is -3.50. The summed E-state index contributed by atoms with van der Waals surface area (Å²) in [6, 6.07) is 0. The van der Waals surface area contributed by atoms with Crippen molar-refractivity contribution in [1.29, 1.82) is 0 Å². The number of aliphatic hydroxyl groups is 1. The zero-order valence-electron chi connectivity index (χ0n) is 65.2. The number of hydrogen-bond donors (Lipinski definition) is 5. The summed E-state index contributed by atoms with van der Waals surface area (Å²) in [5.41, 5.74) is -2.57. The number of hydrogen-bond acceptors (Lipinski definition) is 15. The van der Waals surface area contributed by atoms with Crippen molar-refractivity contribution < 1.29 is 92.4 Å². The number of carbonyl (C=O) groups excluding carboxylic acids is 6. The minimum absolute atomic E-state index is 0. The van der Waals surface area contributed by atoms with E-state index < -0.39 is 45.5 Å². The van der Waals surface area contributed by atoms with E-state index in [1.54, 1.807) is 0 Å². The van der Waals surface area contributed by atoms with Gasteiger partial charge in [0.1, 0.15) is 11.6 Å². The first-order valence-electron chi connectivity index (χ1n) is 41.3. The van der Waals surface area contributed by atoms with E-state index >= 15 is 0 Å². The molecule has 0 aromatic heterocycles. The summed E-state index contributed by atoms with van der Waals surface area (Å²) < 4.78 is 20.4. The molecule has 5 N–H and O–H groups in total. The van der Waals surface area contributed by atoms with E-state index in [1.807, 2.05) is 27.7 Å². The van der Waals surface area contributed by atoms with E-state index in [-0.39, 0.29) is 65.4 Å². The molecule has 0 bridgehead atoms. The Morgan fingerprint density at radius 1 is 0.321 bits per heavy atom. The second kappa shape index (κ2) is 53.4. The number of ketones is 2. The number of esters is 4. The van der Waals surface area contributed by atoms with Crippen molar-refractivity contribution in [2.75, 3.05) is 42.4 Å². The lowest BCUT2D eigenvalue weighted by Gasteiger charge is -2.39. The van der Waals surface area contributed by atoms with Crippen molar-refractivity contribution in [2.24, 2.45) is 43.8 Å². The Kier molecular flexibility index (Phi) is 49.7. The van der Waals surface area contributed by atoms with E-state index in [1.165, 1.54) is 25.7 Å². The molecular weight excluding hydrogens is 1550 g/mol. The Labute approximate surface area is 663 Å². The highest BCUT2D eigenvalue weighted by atomic mass is 79.9. The van der Waals surface area contributed by atoms with Crippen molar-refractivity contribution >= 4 is 107 Å². The van der Waals surface area contributed by atoms with Gasteiger partial charge in [-0.05, 0) is 233 Å². The zero-order valence-corrected chi connectivity index (χ0v) is 69.9. The van der Waals surface area contributed by atoms with Gasteiger partial charge in [-0.1, -0.05) is 164 Å². The Morgan fingerprint density at radius 3 is 0.726 bits per heavy atom. The number of Topliss-reactive ketones (excluding diaryl/α,β-unsaturated/α-hetero) is 2. The maximum atomic E-state index is 12.1. The highest BCUT2D eigenvalue weighted by molar-refractivity contribution is 9.09. The molecule has 0 radical (unpaired) electrons. The van der Waals surface area contributed by atoms with Crippen LogP contribution in [0.15, 0.2) is 0 Å². The van der Waals surface area contributed by atoms with Gasteiger partial charge in [-0.15, -0.1) is 0 Å². The number of rotatable bonds is 49. The number of aliphatic carboxylic acids is 4. The van der Waals surface area contributed by atoms with Gasteiger partial charge in [-0.3, -0.25) is 47.9 Å². The Balaban J connectivity index is 0.000000455. The molecule has 0 spiro atoms. The van der Waals surface area contributed by atoms with Crippen LogP contribution in [0.2, 0.25) is 0 Å². The van der Waals surface area contributed by atoms with Crippen LogP contribution in [0.1, 0.15) is 375 Å². The molecule has 8 aliphatic carbocycles. The van der Waals surface area contributed by atoms with Crippen molar-refractivity contribution in [1.82, 2.24) is 0 Å². The normalized spacial score (nSPS) is 19.1. The maximum Gasteiger partial charge on any atom is 0.312 e. The average Bonchev–Trinajstić information content (AvgIpc) is 0.781. The monoisotopic (exact) mass is 1690 g/mol. The Morgan fingerprint density at radius 2 is 0.538 bits per heavy atom. The van der Waals surface area contributed by atoms with Crippen molar-refractivity contribution in [3.63, 3.8) is 0 Å².